The summed E-state index contributed by atoms with van der Waals surface area (Å²) in [5.74, 6) is -2.97. The molecule has 2 unspecified atom stereocenters. The summed E-state index contributed by atoms with van der Waals surface area (Å²) in [7, 11) is 0. The van der Waals surface area contributed by atoms with Gasteiger partial charge >= 0.3 is 5.97 Å². The molecule has 3 saturated heterocycles. The molecule has 3 heterocycles. The Labute approximate surface area is 211 Å². The van der Waals surface area contributed by atoms with E-state index in [0.717, 1.165) is 0 Å². The molecular formula is C26H35ClN2O6. The van der Waals surface area contributed by atoms with Crippen LogP contribution in [0.3, 0.4) is 0 Å². The minimum Gasteiger partial charge on any atom is -0.466 e. The lowest BCUT2D eigenvalue weighted by Crippen LogP contribution is -2.57. The summed E-state index contributed by atoms with van der Waals surface area (Å²) in [6.07, 6.45) is 2.23. The molecule has 8 nitrogen and oxygen atoms in total. The molecule has 3 aliphatic rings. The van der Waals surface area contributed by atoms with Gasteiger partial charge in [0.05, 0.1) is 41.5 Å². The number of anilines is 1. The second kappa shape index (κ2) is 9.71. The fourth-order valence-electron chi connectivity index (χ4n) is 6.48. The molecule has 3 fully saturated rings. The van der Waals surface area contributed by atoms with Crippen molar-refractivity contribution >= 4 is 35.1 Å². The molecule has 1 aromatic carbocycles. The Morgan fingerprint density at radius 2 is 2.00 bits per heavy atom. The molecule has 0 radical (unpaired) electrons. The molecule has 0 aromatic heterocycles. The van der Waals surface area contributed by atoms with Gasteiger partial charge in [0.1, 0.15) is 17.6 Å². The molecule has 35 heavy (non-hydrogen) atoms. The van der Waals surface area contributed by atoms with Crippen molar-refractivity contribution < 1.29 is 29.0 Å². The third-order valence-electron chi connectivity index (χ3n) is 8.38. The van der Waals surface area contributed by atoms with Crippen LogP contribution in [0, 0.1) is 17.8 Å². The van der Waals surface area contributed by atoms with Gasteiger partial charge in [-0.15, -0.1) is 0 Å². The summed E-state index contributed by atoms with van der Waals surface area (Å²) < 4.78 is 12.1. The lowest BCUT2D eigenvalue weighted by molar-refractivity contribution is -0.162. The average molecular weight is 507 g/mol. The first-order valence-electron chi connectivity index (χ1n) is 12.6. The van der Waals surface area contributed by atoms with Crippen LogP contribution in [0.2, 0.25) is 5.02 Å². The van der Waals surface area contributed by atoms with Gasteiger partial charge in [0, 0.05) is 0 Å². The van der Waals surface area contributed by atoms with Crippen LogP contribution in [0.15, 0.2) is 24.3 Å². The second-order valence-electron chi connectivity index (χ2n) is 9.94. The van der Waals surface area contributed by atoms with Crippen LogP contribution in [-0.2, 0) is 23.9 Å². The SMILES string of the molecule is CCOC(=O)[C@H]1[C@H]2C(=O)N([C@@H](CO)[C@@H](C)CC)C(C(=O)Nc3ccccc3Cl)C23CC[C@]1(CC)O3. The summed E-state index contributed by atoms with van der Waals surface area (Å²) in [5, 5.41) is 13.6. The molecule has 2 N–H and O–H groups in total. The van der Waals surface area contributed by atoms with Gasteiger partial charge in [-0.3, -0.25) is 14.4 Å². The molecule has 2 bridgehead atoms. The van der Waals surface area contributed by atoms with Gasteiger partial charge in [-0.25, -0.2) is 0 Å². The molecule has 0 aliphatic carbocycles. The predicted molar refractivity (Wildman–Crippen MR) is 131 cm³/mol. The fraction of sp³-hybridized carbons (Fsp3) is 0.654. The van der Waals surface area contributed by atoms with Crippen LogP contribution < -0.4 is 5.32 Å². The predicted octanol–water partition coefficient (Wildman–Crippen LogP) is 3.40. The fourth-order valence-corrected chi connectivity index (χ4v) is 6.66. The van der Waals surface area contributed by atoms with Crippen molar-refractivity contribution in [3.05, 3.63) is 29.3 Å². The molecule has 2 amide bonds. The molecule has 0 saturated carbocycles. The van der Waals surface area contributed by atoms with E-state index in [1.54, 1.807) is 31.2 Å². The zero-order valence-electron chi connectivity index (χ0n) is 20.8. The Balaban J connectivity index is 1.82. The van der Waals surface area contributed by atoms with E-state index in [4.69, 9.17) is 21.1 Å². The molecule has 9 heteroatoms. The minimum absolute atomic E-state index is 0.0758. The van der Waals surface area contributed by atoms with Gasteiger partial charge in [0.2, 0.25) is 11.8 Å². The average Bonchev–Trinajstić information content (AvgIpc) is 3.45. The van der Waals surface area contributed by atoms with Gasteiger partial charge in [0.15, 0.2) is 0 Å². The second-order valence-corrected chi connectivity index (χ2v) is 10.3. The highest BCUT2D eigenvalue weighted by atomic mass is 35.5. The van der Waals surface area contributed by atoms with Gasteiger partial charge in [0.25, 0.3) is 0 Å². The molecule has 1 spiro atoms. The van der Waals surface area contributed by atoms with Gasteiger partial charge in [-0.2, -0.15) is 0 Å². The van der Waals surface area contributed by atoms with Crippen molar-refractivity contribution in [2.24, 2.45) is 17.8 Å². The Bertz CT molecular complexity index is 1000. The monoisotopic (exact) mass is 506 g/mol. The number of rotatable bonds is 9. The van der Waals surface area contributed by atoms with E-state index in [2.05, 4.69) is 5.32 Å². The summed E-state index contributed by atoms with van der Waals surface area (Å²) in [6, 6.07) is 5.27. The Kier molecular flexibility index (Phi) is 7.19. The third-order valence-corrected chi connectivity index (χ3v) is 8.71. The highest BCUT2D eigenvalue weighted by Gasteiger charge is 2.79. The number of nitrogens with one attached hydrogen (secondary N) is 1. The number of carbonyl (C=O) groups excluding carboxylic acids is 3. The van der Waals surface area contributed by atoms with Crippen molar-refractivity contribution in [1.29, 1.82) is 0 Å². The standard InChI is InChI=1S/C26H35ClN2O6/c1-5-15(4)18(14-30)29-21(22(31)28-17-11-9-8-10-16(17)27)26-13-12-25(6-2,35-26)20(19(26)23(29)32)24(33)34-7-3/h8-11,15,18-21,30H,5-7,12-14H2,1-4H3,(H,28,31)/t15-,18-,19-,20+,21?,25-,26?/m0/s1. The van der Waals surface area contributed by atoms with E-state index in [0.29, 0.717) is 36.4 Å². The summed E-state index contributed by atoms with van der Waals surface area (Å²) >= 11 is 6.31. The lowest BCUT2D eigenvalue weighted by atomic mass is 9.65. The first-order chi connectivity index (χ1) is 16.7. The number of aliphatic hydroxyl groups excluding tert-OH is 1. The number of hydrogen-bond donors (Lipinski definition) is 2. The van der Waals surface area contributed by atoms with E-state index in [-0.39, 0.29) is 25.0 Å². The first kappa shape index (κ1) is 25.9. The maximum absolute atomic E-state index is 14.1. The van der Waals surface area contributed by atoms with Crippen LogP contribution in [0.5, 0.6) is 0 Å². The lowest BCUT2D eigenvalue weighted by Gasteiger charge is -2.39. The number of ether oxygens (including phenoxy) is 2. The first-order valence-corrected chi connectivity index (χ1v) is 12.9. The number of likely N-dealkylation sites (tertiary alicyclic amines) is 1. The van der Waals surface area contributed by atoms with Gasteiger partial charge in [-0.05, 0) is 44.2 Å². The van der Waals surface area contributed by atoms with Gasteiger partial charge in [-0.1, -0.05) is 50.9 Å². The van der Waals surface area contributed by atoms with E-state index in [9.17, 15) is 19.5 Å². The molecule has 192 valence electrons. The number of halogens is 1. The smallest absolute Gasteiger partial charge is 0.312 e. The maximum Gasteiger partial charge on any atom is 0.312 e. The number of aliphatic hydroxyl groups is 1. The number of para-hydroxylation sites is 1. The minimum atomic E-state index is -1.18. The summed E-state index contributed by atoms with van der Waals surface area (Å²) in [4.78, 5) is 42.7. The molecule has 1 aromatic rings. The van der Waals surface area contributed by atoms with Crippen LogP contribution in [0.4, 0.5) is 5.69 Å². The number of hydrogen-bond acceptors (Lipinski definition) is 6. The maximum atomic E-state index is 14.1. The van der Waals surface area contributed by atoms with Crippen LogP contribution in [0.1, 0.15) is 53.4 Å². The Hall–Kier alpha value is -2.16. The van der Waals surface area contributed by atoms with Crippen molar-refractivity contribution in [2.75, 3.05) is 18.5 Å². The van der Waals surface area contributed by atoms with Crippen LogP contribution in [0.25, 0.3) is 0 Å². The molecule has 4 rings (SSSR count). The number of carbonyl (C=O) groups is 3. The Morgan fingerprint density at radius 3 is 2.60 bits per heavy atom. The highest BCUT2D eigenvalue weighted by Crippen LogP contribution is 2.65. The number of benzene rings is 1. The number of amides is 2. The van der Waals surface area contributed by atoms with Crippen LogP contribution in [-0.4, -0.2) is 64.3 Å². The van der Waals surface area contributed by atoms with E-state index in [1.165, 1.54) is 4.90 Å². The number of esters is 1. The summed E-state index contributed by atoms with van der Waals surface area (Å²) in [6.45, 7) is 7.47. The molecular weight excluding hydrogens is 472 g/mol. The quantitative estimate of drug-likeness (QED) is 0.497. The van der Waals surface area contributed by atoms with Crippen molar-refractivity contribution in [2.45, 2.75) is 76.7 Å². The van der Waals surface area contributed by atoms with E-state index in [1.807, 2.05) is 20.8 Å². The highest BCUT2D eigenvalue weighted by molar-refractivity contribution is 6.33. The zero-order valence-corrected chi connectivity index (χ0v) is 21.5. The largest absolute Gasteiger partial charge is 0.466 e. The van der Waals surface area contributed by atoms with Crippen LogP contribution >= 0.6 is 11.6 Å². The van der Waals surface area contributed by atoms with Crippen molar-refractivity contribution in [1.82, 2.24) is 4.90 Å². The normalized spacial score (nSPS) is 32.9. The molecule has 3 aliphatic heterocycles. The number of nitrogens with zero attached hydrogens (tertiary/aromatic N) is 1. The summed E-state index contributed by atoms with van der Waals surface area (Å²) in [5.41, 5.74) is -1.61. The van der Waals surface area contributed by atoms with E-state index < -0.39 is 47.0 Å². The van der Waals surface area contributed by atoms with E-state index >= 15 is 0 Å². The van der Waals surface area contributed by atoms with Crippen molar-refractivity contribution in [3.63, 3.8) is 0 Å². The van der Waals surface area contributed by atoms with Crippen molar-refractivity contribution in [3.8, 4) is 0 Å². The third kappa shape index (κ3) is 3.85. The number of fused-ring (bicyclic) bond motifs is 1. The van der Waals surface area contributed by atoms with Gasteiger partial charge < -0.3 is 24.8 Å². The zero-order chi connectivity index (χ0) is 25.5. The molecule has 7 atom stereocenters. The Morgan fingerprint density at radius 1 is 1.29 bits per heavy atom. The topological polar surface area (TPSA) is 105 Å².